The van der Waals surface area contributed by atoms with Gasteiger partial charge in [0.1, 0.15) is 0 Å². The zero-order valence-electron chi connectivity index (χ0n) is 10.1. The van der Waals surface area contributed by atoms with Crippen LogP contribution in [0.15, 0.2) is 30.5 Å². The van der Waals surface area contributed by atoms with Gasteiger partial charge in [0.2, 0.25) is 5.91 Å². The van der Waals surface area contributed by atoms with Crippen LogP contribution < -0.4 is 10.6 Å². The summed E-state index contributed by atoms with van der Waals surface area (Å²) >= 11 is 0. The molecule has 0 aliphatic heterocycles. The molecule has 4 heteroatoms. The molecule has 1 atom stereocenters. The number of fused-ring (bicyclic) bond motifs is 1. The lowest BCUT2D eigenvalue weighted by Crippen LogP contribution is -2.34. The number of nitrogens with zero attached hydrogens (tertiary/aromatic N) is 1. The van der Waals surface area contributed by atoms with Crippen molar-refractivity contribution in [1.29, 1.82) is 0 Å². The van der Waals surface area contributed by atoms with E-state index >= 15 is 0 Å². The molecular weight excluding hydrogens is 214 g/mol. The molecule has 1 aromatic heterocycles. The van der Waals surface area contributed by atoms with Gasteiger partial charge in [0, 0.05) is 36.6 Å². The van der Waals surface area contributed by atoms with Crippen molar-refractivity contribution in [3.8, 4) is 0 Å². The van der Waals surface area contributed by atoms with Crippen LogP contribution in [-0.4, -0.2) is 24.5 Å². The molecule has 0 fully saturated rings. The van der Waals surface area contributed by atoms with Crippen molar-refractivity contribution in [3.63, 3.8) is 0 Å². The Hall–Kier alpha value is -1.81. The molecule has 1 amide bonds. The topological polar surface area (TPSA) is 62.1 Å². The van der Waals surface area contributed by atoms with E-state index in [4.69, 9.17) is 5.73 Å². The lowest BCUT2D eigenvalue weighted by Gasteiger charge is -2.19. The third kappa shape index (κ3) is 2.03. The van der Waals surface area contributed by atoms with Gasteiger partial charge >= 0.3 is 0 Å². The first-order chi connectivity index (χ1) is 8.15. The van der Waals surface area contributed by atoms with Crippen molar-refractivity contribution < 1.29 is 4.79 Å². The molecule has 0 saturated heterocycles. The smallest absolute Gasteiger partial charge is 0.230 e. The van der Waals surface area contributed by atoms with E-state index in [-0.39, 0.29) is 11.8 Å². The Kier molecular flexibility index (Phi) is 3.15. The number of carbonyl (C=O) groups is 1. The number of carbonyl (C=O) groups excluding carboxylic acids is 1. The summed E-state index contributed by atoms with van der Waals surface area (Å²) in [7, 11) is 1.78. The van der Waals surface area contributed by atoms with Gasteiger partial charge in [-0.15, -0.1) is 0 Å². The molecule has 1 heterocycles. The Labute approximate surface area is 100 Å². The van der Waals surface area contributed by atoms with Crippen LogP contribution in [0.1, 0.15) is 6.92 Å². The Bertz CT molecular complexity index is 532. The monoisotopic (exact) mass is 231 g/mol. The molecule has 90 valence electrons. The first-order valence-electron chi connectivity index (χ1n) is 5.69. The van der Waals surface area contributed by atoms with E-state index in [0.29, 0.717) is 6.54 Å². The molecule has 0 aliphatic carbocycles. The van der Waals surface area contributed by atoms with Gasteiger partial charge in [-0.2, -0.15) is 0 Å². The van der Waals surface area contributed by atoms with Gasteiger partial charge in [0.05, 0.1) is 5.69 Å². The minimum atomic E-state index is -0.159. The van der Waals surface area contributed by atoms with E-state index in [1.54, 1.807) is 11.9 Å². The number of anilines is 1. The van der Waals surface area contributed by atoms with Gasteiger partial charge in [-0.25, -0.2) is 0 Å². The summed E-state index contributed by atoms with van der Waals surface area (Å²) in [5.41, 5.74) is 7.45. The highest BCUT2D eigenvalue weighted by Crippen LogP contribution is 2.26. The fourth-order valence-electron chi connectivity index (χ4n) is 1.88. The third-order valence-electron chi connectivity index (χ3n) is 3.03. The summed E-state index contributed by atoms with van der Waals surface area (Å²) in [5, 5.41) is 1.05. The summed E-state index contributed by atoms with van der Waals surface area (Å²) in [6, 6.07) is 7.92. The summed E-state index contributed by atoms with van der Waals surface area (Å²) in [5.74, 6) is -0.120. The summed E-state index contributed by atoms with van der Waals surface area (Å²) < 4.78 is 0. The minimum Gasteiger partial charge on any atom is -0.359 e. The molecular formula is C13H17N3O. The van der Waals surface area contributed by atoms with E-state index in [1.165, 1.54) is 0 Å². The van der Waals surface area contributed by atoms with Crippen LogP contribution >= 0.6 is 0 Å². The second kappa shape index (κ2) is 4.59. The van der Waals surface area contributed by atoms with Crippen LogP contribution in [0.4, 0.5) is 5.69 Å². The molecule has 1 unspecified atom stereocenters. The highest BCUT2D eigenvalue weighted by atomic mass is 16.2. The van der Waals surface area contributed by atoms with Crippen LogP contribution in [0, 0.1) is 5.92 Å². The summed E-state index contributed by atoms with van der Waals surface area (Å²) in [4.78, 5) is 16.9. The molecule has 1 aromatic carbocycles. The van der Waals surface area contributed by atoms with Crippen molar-refractivity contribution in [2.45, 2.75) is 6.92 Å². The van der Waals surface area contributed by atoms with Gasteiger partial charge in [-0.05, 0) is 6.07 Å². The molecule has 3 N–H and O–H groups in total. The van der Waals surface area contributed by atoms with Crippen LogP contribution in [-0.2, 0) is 4.79 Å². The van der Waals surface area contributed by atoms with Crippen LogP contribution in [0.3, 0.4) is 0 Å². The maximum Gasteiger partial charge on any atom is 0.230 e. The standard InChI is InChI=1S/C13H17N3O/c1-9(7-14)13(17)16(2)12-8-15-11-6-4-3-5-10(11)12/h3-6,8-9,15H,7,14H2,1-2H3. The van der Waals surface area contributed by atoms with Crippen molar-refractivity contribution in [2.75, 3.05) is 18.5 Å². The molecule has 0 aliphatic rings. The van der Waals surface area contributed by atoms with E-state index < -0.39 is 0 Å². The molecule has 17 heavy (non-hydrogen) atoms. The quantitative estimate of drug-likeness (QED) is 0.845. The van der Waals surface area contributed by atoms with E-state index in [2.05, 4.69) is 4.98 Å². The number of rotatable bonds is 3. The zero-order chi connectivity index (χ0) is 12.4. The lowest BCUT2D eigenvalue weighted by atomic mass is 10.1. The Morgan fingerprint density at radius 2 is 2.18 bits per heavy atom. The first-order valence-corrected chi connectivity index (χ1v) is 5.69. The number of aromatic nitrogens is 1. The normalized spacial score (nSPS) is 12.6. The highest BCUT2D eigenvalue weighted by molar-refractivity contribution is 6.03. The third-order valence-corrected chi connectivity index (χ3v) is 3.03. The number of nitrogens with one attached hydrogen (secondary N) is 1. The Balaban J connectivity index is 2.37. The summed E-state index contributed by atoms with van der Waals surface area (Å²) in [6.07, 6.45) is 1.85. The SMILES string of the molecule is CC(CN)C(=O)N(C)c1c[nH]c2ccccc12. The van der Waals surface area contributed by atoms with E-state index in [9.17, 15) is 4.79 Å². The number of para-hydroxylation sites is 1. The predicted octanol–water partition coefficient (Wildman–Crippen LogP) is 1.73. The minimum absolute atomic E-state index is 0.0391. The molecule has 0 radical (unpaired) electrons. The number of hydrogen-bond acceptors (Lipinski definition) is 2. The fraction of sp³-hybridized carbons (Fsp3) is 0.308. The Morgan fingerprint density at radius 3 is 2.88 bits per heavy atom. The van der Waals surface area contributed by atoms with Crippen molar-refractivity contribution >= 4 is 22.5 Å². The van der Waals surface area contributed by atoms with Gasteiger partial charge in [-0.3, -0.25) is 4.79 Å². The van der Waals surface area contributed by atoms with Crippen molar-refractivity contribution in [1.82, 2.24) is 4.98 Å². The molecule has 2 rings (SSSR count). The van der Waals surface area contributed by atoms with Gasteiger partial charge in [0.25, 0.3) is 0 Å². The van der Waals surface area contributed by atoms with E-state index in [1.807, 2.05) is 37.4 Å². The van der Waals surface area contributed by atoms with Gasteiger partial charge < -0.3 is 15.6 Å². The molecule has 0 bridgehead atoms. The van der Waals surface area contributed by atoms with Crippen molar-refractivity contribution in [2.24, 2.45) is 11.7 Å². The summed E-state index contributed by atoms with van der Waals surface area (Å²) in [6.45, 7) is 2.21. The zero-order valence-corrected chi connectivity index (χ0v) is 10.1. The second-order valence-corrected chi connectivity index (χ2v) is 4.25. The number of benzene rings is 1. The number of amides is 1. The van der Waals surface area contributed by atoms with Crippen molar-refractivity contribution in [3.05, 3.63) is 30.5 Å². The van der Waals surface area contributed by atoms with Gasteiger partial charge in [-0.1, -0.05) is 25.1 Å². The fourth-order valence-corrected chi connectivity index (χ4v) is 1.88. The average Bonchev–Trinajstić information content (AvgIpc) is 2.79. The second-order valence-electron chi connectivity index (χ2n) is 4.25. The van der Waals surface area contributed by atoms with Gasteiger partial charge in [0.15, 0.2) is 0 Å². The molecule has 4 nitrogen and oxygen atoms in total. The number of aromatic amines is 1. The average molecular weight is 231 g/mol. The number of hydrogen-bond donors (Lipinski definition) is 2. The predicted molar refractivity (Wildman–Crippen MR) is 69.9 cm³/mol. The highest BCUT2D eigenvalue weighted by Gasteiger charge is 2.19. The number of nitrogens with two attached hydrogens (primary N) is 1. The molecule has 0 spiro atoms. The molecule has 2 aromatic rings. The van der Waals surface area contributed by atoms with E-state index in [0.717, 1.165) is 16.6 Å². The largest absolute Gasteiger partial charge is 0.359 e. The van der Waals surface area contributed by atoms with Crippen LogP contribution in [0.5, 0.6) is 0 Å². The first kappa shape index (κ1) is 11.7. The van der Waals surface area contributed by atoms with Crippen LogP contribution in [0.25, 0.3) is 10.9 Å². The lowest BCUT2D eigenvalue weighted by molar-refractivity contribution is -0.121. The maximum atomic E-state index is 12.0. The van der Waals surface area contributed by atoms with Crippen LogP contribution in [0.2, 0.25) is 0 Å². The number of H-pyrrole nitrogens is 1. The maximum absolute atomic E-state index is 12.0. The Morgan fingerprint density at radius 1 is 1.47 bits per heavy atom. The molecule has 0 saturated carbocycles.